The van der Waals surface area contributed by atoms with Crippen LogP contribution in [0.4, 0.5) is 17.1 Å². The maximum absolute atomic E-state index is 13.6. The normalized spacial score (nSPS) is 16.8. The minimum absolute atomic E-state index is 0.0282. The van der Waals surface area contributed by atoms with Crippen LogP contribution in [0.3, 0.4) is 0 Å². The summed E-state index contributed by atoms with van der Waals surface area (Å²) in [6, 6.07) is 12.9. The molecule has 45 heavy (non-hydrogen) atoms. The largest absolute Gasteiger partial charge is 0.434 e. The van der Waals surface area contributed by atoms with Gasteiger partial charge >= 0.3 is 11.7 Å². The number of hydrogen-bond acceptors (Lipinski definition) is 9. The number of ether oxygens (including phenoxy) is 1. The Kier molecular flexibility index (Phi) is 8.82. The summed E-state index contributed by atoms with van der Waals surface area (Å²) in [5.41, 5.74) is 0.238. The second-order valence-electron chi connectivity index (χ2n) is 11.2. The van der Waals surface area contributed by atoms with Gasteiger partial charge in [0, 0.05) is 17.9 Å². The number of fused-ring (bicyclic) bond motifs is 1. The van der Waals surface area contributed by atoms with Crippen molar-refractivity contribution in [1.29, 1.82) is 0 Å². The molecule has 0 radical (unpaired) electrons. The van der Waals surface area contributed by atoms with Gasteiger partial charge in [-0.25, -0.2) is 14.3 Å². The van der Waals surface area contributed by atoms with Crippen LogP contribution >= 0.6 is 0 Å². The Morgan fingerprint density at radius 3 is 2.44 bits per heavy atom. The van der Waals surface area contributed by atoms with Crippen molar-refractivity contribution in [1.82, 2.24) is 19.4 Å². The molecule has 1 aliphatic rings. The highest BCUT2D eigenvalue weighted by atomic mass is 16.6. The number of nitrogens with one attached hydrogen (secondary N) is 3. The number of anilines is 3. The number of rotatable bonds is 9. The van der Waals surface area contributed by atoms with Crippen molar-refractivity contribution in [3.05, 3.63) is 93.0 Å². The lowest BCUT2D eigenvalue weighted by molar-refractivity contribution is -0.155. The number of aliphatic hydroxyl groups is 1. The molecule has 13 nitrogen and oxygen atoms in total. The van der Waals surface area contributed by atoms with E-state index in [1.807, 2.05) is 42.5 Å². The number of hydrogen-bond donors (Lipinski definition) is 4. The Balaban J connectivity index is 1.40. The topological polar surface area (TPSA) is 174 Å². The molecule has 5 rings (SSSR count). The fraction of sp³-hybridized carbons (Fsp3) is 0.312. The van der Waals surface area contributed by atoms with Crippen LogP contribution < -0.4 is 27.2 Å². The summed E-state index contributed by atoms with van der Waals surface area (Å²) in [4.78, 5) is 69.4. The SMILES string of the molecule is CCC(C(=O)N[C@H]1CC(=O)OC1O)n1c(=O)c(NC(=O)c2ncc(Nc3ccc4ccccc4c3)cc2C)cn(C(C)C)c1=O. The Hall–Kier alpha value is -5.30. The van der Waals surface area contributed by atoms with Gasteiger partial charge in [0.2, 0.25) is 12.2 Å². The van der Waals surface area contributed by atoms with E-state index in [2.05, 4.69) is 25.7 Å². The van der Waals surface area contributed by atoms with Crippen LogP contribution in [0.15, 0.2) is 70.5 Å². The van der Waals surface area contributed by atoms with E-state index in [4.69, 9.17) is 0 Å². The third-order valence-electron chi connectivity index (χ3n) is 7.59. The molecule has 3 atom stereocenters. The molecule has 2 aromatic heterocycles. The molecular weight excluding hydrogens is 580 g/mol. The summed E-state index contributed by atoms with van der Waals surface area (Å²) in [5.74, 6) is -2.12. The second kappa shape index (κ2) is 12.7. The van der Waals surface area contributed by atoms with Crippen molar-refractivity contribution in [2.45, 2.75) is 65.0 Å². The second-order valence-corrected chi connectivity index (χ2v) is 11.2. The van der Waals surface area contributed by atoms with Gasteiger partial charge in [0.15, 0.2) is 0 Å². The number of nitrogens with zero attached hydrogens (tertiary/aromatic N) is 3. The summed E-state index contributed by atoms with van der Waals surface area (Å²) >= 11 is 0. The maximum atomic E-state index is 13.6. The van der Waals surface area contributed by atoms with E-state index in [0.717, 1.165) is 21.0 Å². The van der Waals surface area contributed by atoms with Crippen LogP contribution in [0.25, 0.3) is 10.8 Å². The van der Waals surface area contributed by atoms with Crippen LogP contribution in [0.1, 0.15) is 61.7 Å². The number of pyridine rings is 1. The number of aryl methyl sites for hydroxylation is 1. The third-order valence-corrected chi connectivity index (χ3v) is 7.59. The molecule has 2 unspecified atom stereocenters. The van der Waals surface area contributed by atoms with Crippen LogP contribution in [-0.4, -0.2) is 49.3 Å². The standard InChI is InChI=1S/C32H34N6O7/c1-5-25(28(40)35-23-14-26(39)45-31(23)43)38-30(42)24(16-37(17(2)3)32(38)44)36-29(41)27-18(4)12-22(15-33-27)34-21-11-10-19-8-6-7-9-20(19)13-21/h6-13,15-17,23,25,31,34,43H,5,14H2,1-4H3,(H,35,40)(H,36,41)/t23-,25?,31?/m0/s1. The average molecular weight is 615 g/mol. The number of aliphatic hydroxyl groups excluding tert-OH is 1. The molecule has 0 aliphatic carbocycles. The lowest BCUT2D eigenvalue weighted by Gasteiger charge is -2.23. The summed E-state index contributed by atoms with van der Waals surface area (Å²) in [7, 11) is 0. The van der Waals surface area contributed by atoms with Crippen molar-refractivity contribution >= 4 is 45.6 Å². The molecule has 0 saturated carbocycles. The maximum Gasteiger partial charge on any atom is 0.332 e. The van der Waals surface area contributed by atoms with Gasteiger partial charge in [-0.1, -0.05) is 37.3 Å². The Morgan fingerprint density at radius 2 is 1.80 bits per heavy atom. The fourth-order valence-electron chi connectivity index (χ4n) is 5.25. The lowest BCUT2D eigenvalue weighted by atomic mass is 10.1. The van der Waals surface area contributed by atoms with Crippen LogP contribution in [0.2, 0.25) is 0 Å². The zero-order valence-electron chi connectivity index (χ0n) is 25.2. The van der Waals surface area contributed by atoms with E-state index >= 15 is 0 Å². The number of aromatic nitrogens is 3. The monoisotopic (exact) mass is 614 g/mol. The molecule has 4 N–H and O–H groups in total. The van der Waals surface area contributed by atoms with Gasteiger partial charge in [-0.15, -0.1) is 0 Å². The van der Waals surface area contributed by atoms with Crippen LogP contribution in [0.5, 0.6) is 0 Å². The van der Waals surface area contributed by atoms with E-state index in [0.29, 0.717) is 11.3 Å². The predicted molar refractivity (Wildman–Crippen MR) is 167 cm³/mol. The Morgan fingerprint density at radius 1 is 1.07 bits per heavy atom. The molecule has 234 valence electrons. The van der Waals surface area contributed by atoms with E-state index in [1.165, 1.54) is 17.0 Å². The Labute approximate surface area is 257 Å². The quantitative estimate of drug-likeness (QED) is 0.207. The van der Waals surface area contributed by atoms with Gasteiger partial charge in [-0.2, -0.15) is 0 Å². The van der Waals surface area contributed by atoms with E-state index < -0.39 is 53.4 Å². The van der Waals surface area contributed by atoms with Gasteiger partial charge in [0.25, 0.3) is 11.5 Å². The first-order chi connectivity index (χ1) is 21.5. The highest BCUT2D eigenvalue weighted by Gasteiger charge is 2.36. The molecule has 13 heteroatoms. The minimum atomic E-state index is -1.54. The summed E-state index contributed by atoms with van der Waals surface area (Å²) in [6.07, 6.45) is 0.979. The first-order valence-corrected chi connectivity index (χ1v) is 14.6. The molecule has 0 spiro atoms. The number of carbonyl (C=O) groups excluding carboxylic acids is 3. The average Bonchev–Trinajstić information content (AvgIpc) is 3.31. The van der Waals surface area contributed by atoms with E-state index in [1.54, 1.807) is 33.8 Å². The molecule has 0 bridgehead atoms. The van der Waals surface area contributed by atoms with Gasteiger partial charge in [-0.3, -0.25) is 23.7 Å². The first-order valence-electron chi connectivity index (χ1n) is 14.6. The van der Waals surface area contributed by atoms with Crippen molar-refractivity contribution in [2.75, 3.05) is 10.6 Å². The zero-order chi connectivity index (χ0) is 32.4. The van der Waals surface area contributed by atoms with E-state index in [-0.39, 0.29) is 24.2 Å². The smallest absolute Gasteiger partial charge is 0.332 e. The molecule has 1 fully saturated rings. The highest BCUT2D eigenvalue weighted by Crippen LogP contribution is 2.23. The summed E-state index contributed by atoms with van der Waals surface area (Å²) < 4.78 is 6.68. The fourth-order valence-corrected chi connectivity index (χ4v) is 5.25. The number of amides is 2. The molecule has 1 saturated heterocycles. The number of benzene rings is 2. The van der Waals surface area contributed by atoms with Crippen molar-refractivity contribution in [3.63, 3.8) is 0 Å². The number of esters is 1. The predicted octanol–water partition coefficient (Wildman–Crippen LogP) is 3.14. The highest BCUT2D eigenvalue weighted by molar-refractivity contribution is 6.04. The van der Waals surface area contributed by atoms with Gasteiger partial charge in [0.05, 0.1) is 18.3 Å². The third kappa shape index (κ3) is 6.48. The van der Waals surface area contributed by atoms with Crippen LogP contribution in [-0.2, 0) is 14.3 Å². The Bertz CT molecular complexity index is 1910. The molecular formula is C32H34N6O7. The lowest BCUT2D eigenvalue weighted by Crippen LogP contribution is -2.50. The minimum Gasteiger partial charge on any atom is -0.434 e. The van der Waals surface area contributed by atoms with Crippen LogP contribution in [0, 0.1) is 6.92 Å². The first kappa shape index (κ1) is 31.1. The molecule has 2 amide bonds. The molecule has 2 aromatic carbocycles. The molecule has 1 aliphatic heterocycles. The number of cyclic esters (lactones) is 1. The van der Waals surface area contributed by atoms with Gasteiger partial charge < -0.3 is 25.8 Å². The zero-order valence-corrected chi connectivity index (χ0v) is 25.2. The van der Waals surface area contributed by atoms with Crippen molar-refractivity contribution in [3.8, 4) is 0 Å². The summed E-state index contributed by atoms with van der Waals surface area (Å²) in [6.45, 7) is 6.75. The molecule has 3 heterocycles. The van der Waals surface area contributed by atoms with Gasteiger partial charge in [-0.05, 0) is 61.7 Å². The van der Waals surface area contributed by atoms with Crippen molar-refractivity contribution in [2.24, 2.45) is 0 Å². The molecule has 4 aromatic rings. The number of carbonyl (C=O) groups is 3. The van der Waals surface area contributed by atoms with Crippen molar-refractivity contribution < 1.29 is 24.2 Å². The van der Waals surface area contributed by atoms with Gasteiger partial charge in [0.1, 0.15) is 23.5 Å². The summed E-state index contributed by atoms with van der Waals surface area (Å²) in [5, 5.41) is 20.4. The van der Waals surface area contributed by atoms with E-state index in [9.17, 15) is 29.1 Å².